The second-order valence-corrected chi connectivity index (χ2v) is 6.91. The number of hydrogen-bond acceptors (Lipinski definition) is 5. The molecule has 0 amide bonds. The average Bonchev–Trinajstić information content (AvgIpc) is 3.01. The Kier molecular flexibility index (Phi) is 3.37. The summed E-state index contributed by atoms with van der Waals surface area (Å²) in [5.41, 5.74) is 1.29. The molecule has 1 aliphatic rings. The van der Waals surface area contributed by atoms with Crippen molar-refractivity contribution in [1.82, 2.24) is 0 Å². The maximum atomic E-state index is 12.9. The summed E-state index contributed by atoms with van der Waals surface area (Å²) < 4.78 is 11.6. The van der Waals surface area contributed by atoms with Gasteiger partial charge in [-0.15, -0.1) is 0 Å². The Hall–Kier alpha value is -2.79. The van der Waals surface area contributed by atoms with Gasteiger partial charge in [0.05, 0.1) is 16.6 Å². The van der Waals surface area contributed by atoms with Crippen LogP contribution in [0.3, 0.4) is 0 Å². The third-order valence-electron chi connectivity index (χ3n) is 4.63. The molecule has 5 nitrogen and oxygen atoms in total. The Morgan fingerprint density at radius 1 is 1.12 bits per heavy atom. The van der Waals surface area contributed by atoms with Gasteiger partial charge >= 0.3 is 0 Å². The van der Waals surface area contributed by atoms with Gasteiger partial charge in [-0.25, -0.2) is 0 Å². The van der Waals surface area contributed by atoms with E-state index in [4.69, 9.17) is 9.15 Å². The van der Waals surface area contributed by atoms with E-state index >= 15 is 0 Å². The molecule has 0 fully saturated rings. The van der Waals surface area contributed by atoms with E-state index in [1.54, 1.807) is 38.1 Å². The molecule has 0 spiro atoms. The maximum absolute atomic E-state index is 12.9. The van der Waals surface area contributed by atoms with Gasteiger partial charge in [-0.05, 0) is 43.7 Å². The molecular weight excluding hydrogens is 320 g/mol. The van der Waals surface area contributed by atoms with Crippen molar-refractivity contribution in [3.05, 3.63) is 58.4 Å². The van der Waals surface area contributed by atoms with Crippen molar-refractivity contribution >= 4 is 11.0 Å². The lowest BCUT2D eigenvalue weighted by molar-refractivity contribution is -0.0229. The van der Waals surface area contributed by atoms with Gasteiger partial charge in [0.15, 0.2) is 0 Å². The fourth-order valence-electron chi connectivity index (χ4n) is 3.16. The zero-order valence-electron chi connectivity index (χ0n) is 13.9. The highest BCUT2D eigenvalue weighted by Crippen LogP contribution is 2.37. The lowest BCUT2D eigenvalue weighted by Crippen LogP contribution is -2.39. The average molecular weight is 338 g/mol. The third-order valence-corrected chi connectivity index (χ3v) is 4.63. The Bertz CT molecular complexity index is 1010. The predicted octanol–water partition coefficient (Wildman–Crippen LogP) is 3.24. The summed E-state index contributed by atoms with van der Waals surface area (Å²) in [7, 11) is 0. The van der Waals surface area contributed by atoms with Crippen LogP contribution >= 0.6 is 0 Å². The first-order valence-electron chi connectivity index (χ1n) is 8.10. The summed E-state index contributed by atoms with van der Waals surface area (Å²) in [4.78, 5) is 12.9. The molecule has 1 aliphatic heterocycles. The first kappa shape index (κ1) is 15.7. The number of rotatable bonds is 2. The molecular formula is C20H18O5. The smallest absolute Gasteiger partial charge is 0.200 e. The Morgan fingerprint density at radius 2 is 1.84 bits per heavy atom. The number of benzene rings is 2. The van der Waals surface area contributed by atoms with E-state index in [-0.39, 0.29) is 17.3 Å². The maximum Gasteiger partial charge on any atom is 0.200 e. The molecule has 1 unspecified atom stereocenters. The van der Waals surface area contributed by atoms with Crippen molar-refractivity contribution in [2.75, 3.05) is 0 Å². The van der Waals surface area contributed by atoms with Crippen LogP contribution in [-0.2, 0) is 6.42 Å². The summed E-state index contributed by atoms with van der Waals surface area (Å²) in [6.45, 7) is 3.40. The SMILES string of the molecule is CC(C)(O)C1Cc2c(ccc3c(=O)c(-c4ccc(O)cc4)coc23)O1. The quantitative estimate of drug-likeness (QED) is 0.750. The van der Waals surface area contributed by atoms with Crippen molar-refractivity contribution in [3.8, 4) is 22.6 Å². The van der Waals surface area contributed by atoms with Crippen molar-refractivity contribution in [3.63, 3.8) is 0 Å². The number of aliphatic hydroxyl groups is 1. The number of fused-ring (bicyclic) bond motifs is 3. The molecule has 4 rings (SSSR count). The molecule has 0 saturated heterocycles. The molecule has 128 valence electrons. The molecule has 2 N–H and O–H groups in total. The van der Waals surface area contributed by atoms with E-state index < -0.39 is 5.60 Å². The van der Waals surface area contributed by atoms with Crippen LogP contribution in [0, 0.1) is 0 Å². The number of aromatic hydroxyl groups is 1. The van der Waals surface area contributed by atoms with Crippen LogP contribution in [0.4, 0.5) is 0 Å². The number of hydrogen-bond donors (Lipinski definition) is 2. The van der Waals surface area contributed by atoms with Gasteiger partial charge in [0.2, 0.25) is 5.43 Å². The molecule has 25 heavy (non-hydrogen) atoms. The highest BCUT2D eigenvalue weighted by molar-refractivity contribution is 5.86. The monoisotopic (exact) mass is 338 g/mol. The molecule has 0 radical (unpaired) electrons. The summed E-state index contributed by atoms with van der Waals surface area (Å²) in [5.74, 6) is 0.779. The zero-order chi connectivity index (χ0) is 17.8. The Morgan fingerprint density at radius 3 is 2.52 bits per heavy atom. The van der Waals surface area contributed by atoms with Crippen molar-refractivity contribution in [2.24, 2.45) is 0 Å². The van der Waals surface area contributed by atoms with E-state index in [1.165, 1.54) is 18.4 Å². The van der Waals surface area contributed by atoms with Crippen LogP contribution in [0.2, 0.25) is 0 Å². The summed E-state index contributed by atoms with van der Waals surface area (Å²) >= 11 is 0. The molecule has 2 aromatic carbocycles. The third kappa shape index (κ3) is 2.57. The van der Waals surface area contributed by atoms with Crippen LogP contribution in [-0.4, -0.2) is 21.9 Å². The second-order valence-electron chi connectivity index (χ2n) is 6.91. The lowest BCUT2D eigenvalue weighted by Gasteiger charge is -2.24. The van der Waals surface area contributed by atoms with E-state index in [1.807, 2.05) is 0 Å². The highest BCUT2D eigenvalue weighted by atomic mass is 16.5. The van der Waals surface area contributed by atoms with Crippen molar-refractivity contribution in [1.29, 1.82) is 0 Å². The first-order valence-corrected chi connectivity index (χ1v) is 8.10. The fourth-order valence-corrected chi connectivity index (χ4v) is 3.16. The van der Waals surface area contributed by atoms with Crippen molar-refractivity contribution in [2.45, 2.75) is 32.0 Å². The second kappa shape index (κ2) is 5.36. The van der Waals surface area contributed by atoms with E-state index in [0.717, 1.165) is 5.56 Å². The molecule has 1 atom stereocenters. The van der Waals surface area contributed by atoms with Crippen LogP contribution < -0.4 is 10.2 Å². The van der Waals surface area contributed by atoms with Crippen LogP contribution in [0.15, 0.2) is 51.9 Å². The minimum atomic E-state index is -0.988. The van der Waals surface area contributed by atoms with Gasteiger partial charge in [-0.3, -0.25) is 4.79 Å². The van der Waals surface area contributed by atoms with E-state index in [2.05, 4.69) is 0 Å². The predicted molar refractivity (Wildman–Crippen MR) is 94.0 cm³/mol. The topological polar surface area (TPSA) is 79.9 Å². The largest absolute Gasteiger partial charge is 0.508 e. The lowest BCUT2D eigenvalue weighted by atomic mass is 9.96. The molecule has 3 aromatic rings. The fraction of sp³-hybridized carbons (Fsp3) is 0.250. The minimum Gasteiger partial charge on any atom is -0.508 e. The van der Waals surface area contributed by atoms with Gasteiger partial charge in [-0.2, -0.15) is 0 Å². The van der Waals surface area contributed by atoms with Gasteiger partial charge < -0.3 is 19.4 Å². The molecule has 5 heteroatoms. The first-order chi connectivity index (χ1) is 11.8. The highest BCUT2D eigenvalue weighted by Gasteiger charge is 2.36. The summed E-state index contributed by atoms with van der Waals surface area (Å²) in [5, 5.41) is 20.1. The molecule has 0 bridgehead atoms. The molecule has 0 saturated carbocycles. The van der Waals surface area contributed by atoms with Crippen LogP contribution in [0.1, 0.15) is 19.4 Å². The van der Waals surface area contributed by atoms with E-state index in [0.29, 0.717) is 34.3 Å². The van der Waals surface area contributed by atoms with E-state index in [9.17, 15) is 15.0 Å². The number of phenols is 1. The van der Waals surface area contributed by atoms with Gasteiger partial charge in [0, 0.05) is 12.0 Å². The normalized spacial score (nSPS) is 16.7. The number of phenolic OH excluding ortho intramolecular Hbond substituents is 1. The van der Waals surface area contributed by atoms with Gasteiger partial charge in [-0.1, -0.05) is 12.1 Å². The van der Waals surface area contributed by atoms with Crippen LogP contribution in [0.25, 0.3) is 22.1 Å². The van der Waals surface area contributed by atoms with Gasteiger partial charge in [0.25, 0.3) is 0 Å². The number of ether oxygens (including phenoxy) is 1. The van der Waals surface area contributed by atoms with Gasteiger partial charge in [0.1, 0.15) is 29.4 Å². The standard InChI is InChI=1S/C20H18O5/c1-20(2,23)17-9-14-16(25-17)8-7-13-18(22)15(10-24-19(13)14)11-3-5-12(21)6-4-11/h3-8,10,17,21,23H,9H2,1-2H3. The van der Waals surface area contributed by atoms with Crippen LogP contribution in [0.5, 0.6) is 11.5 Å². The summed E-state index contributed by atoms with van der Waals surface area (Å²) in [6, 6.07) is 9.85. The molecule has 0 aliphatic carbocycles. The Labute approximate surface area is 144 Å². The molecule has 2 heterocycles. The minimum absolute atomic E-state index is 0.138. The Balaban J connectivity index is 1.85. The van der Waals surface area contributed by atoms with Crippen molar-refractivity contribution < 1.29 is 19.4 Å². The summed E-state index contributed by atoms with van der Waals surface area (Å²) in [6.07, 6.45) is 1.54. The zero-order valence-corrected chi connectivity index (χ0v) is 13.9. The molecule has 1 aromatic heterocycles.